The van der Waals surface area contributed by atoms with Gasteiger partial charge in [0.15, 0.2) is 0 Å². The predicted molar refractivity (Wildman–Crippen MR) is 74.9 cm³/mol. The highest BCUT2D eigenvalue weighted by Crippen LogP contribution is 2.23. The van der Waals surface area contributed by atoms with Gasteiger partial charge in [0.1, 0.15) is 0 Å². The molecule has 4 heteroatoms. The van der Waals surface area contributed by atoms with Gasteiger partial charge in [0, 0.05) is 11.2 Å². The van der Waals surface area contributed by atoms with Crippen LogP contribution in [0.2, 0.25) is 0 Å². The molecule has 2 N–H and O–H groups in total. The van der Waals surface area contributed by atoms with Gasteiger partial charge in [0.25, 0.3) is 0 Å². The number of aromatic nitrogens is 2. The van der Waals surface area contributed by atoms with Crippen LogP contribution in [-0.2, 0) is 0 Å². The van der Waals surface area contributed by atoms with Crippen molar-refractivity contribution in [3.8, 4) is 0 Å². The fraction of sp³-hybridized carbons (Fsp3) is 0.786. The lowest BCUT2D eigenvalue weighted by Crippen LogP contribution is -2.47. The number of nitrogens with one attached hydrogen (secondary N) is 1. The van der Waals surface area contributed by atoms with Crippen LogP contribution in [0.1, 0.15) is 50.2 Å². The summed E-state index contributed by atoms with van der Waals surface area (Å²) in [5.41, 5.74) is 3.33. The molecule has 0 saturated carbocycles. The lowest BCUT2D eigenvalue weighted by atomic mass is 9.94. The smallest absolute Gasteiger partial charge is 0.0625 e. The van der Waals surface area contributed by atoms with Crippen LogP contribution in [0.15, 0.2) is 0 Å². The minimum Gasteiger partial charge on any atom is -0.394 e. The van der Waals surface area contributed by atoms with Crippen LogP contribution in [0, 0.1) is 20.8 Å². The van der Waals surface area contributed by atoms with Gasteiger partial charge < -0.3 is 10.4 Å². The van der Waals surface area contributed by atoms with E-state index in [0.717, 1.165) is 18.7 Å². The van der Waals surface area contributed by atoms with Gasteiger partial charge in [-0.3, -0.25) is 4.68 Å². The molecule has 2 atom stereocenters. The average molecular weight is 253 g/mol. The van der Waals surface area contributed by atoms with Crippen LogP contribution in [0.3, 0.4) is 0 Å². The molecule has 0 amide bonds. The standard InChI is InChI=1S/C14H27N3O/c1-7-15-14(6,9-18)8-10(2)17-13(5)11(3)12(4)16-17/h10,15,18H,7-9H2,1-6H3. The van der Waals surface area contributed by atoms with Crippen LogP contribution in [0.25, 0.3) is 0 Å². The second-order valence-corrected chi connectivity index (χ2v) is 5.54. The van der Waals surface area contributed by atoms with Crippen molar-refractivity contribution in [1.82, 2.24) is 15.1 Å². The summed E-state index contributed by atoms with van der Waals surface area (Å²) in [5.74, 6) is 0. The molecule has 0 aliphatic heterocycles. The van der Waals surface area contributed by atoms with E-state index in [9.17, 15) is 5.11 Å². The van der Waals surface area contributed by atoms with Gasteiger partial charge in [-0.2, -0.15) is 5.10 Å². The molecule has 1 aromatic heterocycles. The molecular weight excluding hydrogens is 226 g/mol. The van der Waals surface area contributed by atoms with E-state index < -0.39 is 0 Å². The Morgan fingerprint density at radius 1 is 1.39 bits per heavy atom. The van der Waals surface area contributed by atoms with Gasteiger partial charge in [-0.05, 0) is 53.1 Å². The van der Waals surface area contributed by atoms with E-state index in [1.165, 1.54) is 11.3 Å². The number of hydrogen-bond donors (Lipinski definition) is 2. The van der Waals surface area contributed by atoms with Crippen LogP contribution in [-0.4, -0.2) is 33.6 Å². The zero-order valence-electron chi connectivity index (χ0n) is 12.5. The first-order valence-corrected chi connectivity index (χ1v) is 6.73. The Kier molecular flexibility index (Phi) is 4.93. The lowest BCUT2D eigenvalue weighted by molar-refractivity contribution is 0.150. The average Bonchev–Trinajstić information content (AvgIpc) is 2.57. The highest BCUT2D eigenvalue weighted by atomic mass is 16.3. The van der Waals surface area contributed by atoms with Crippen molar-refractivity contribution in [2.75, 3.05) is 13.2 Å². The summed E-state index contributed by atoms with van der Waals surface area (Å²) in [4.78, 5) is 0. The fourth-order valence-corrected chi connectivity index (χ4v) is 2.53. The van der Waals surface area contributed by atoms with Crippen molar-refractivity contribution < 1.29 is 5.11 Å². The Morgan fingerprint density at radius 3 is 2.39 bits per heavy atom. The van der Waals surface area contributed by atoms with Crippen molar-refractivity contribution in [3.63, 3.8) is 0 Å². The van der Waals surface area contributed by atoms with Crippen LogP contribution in [0.5, 0.6) is 0 Å². The summed E-state index contributed by atoms with van der Waals surface area (Å²) in [6, 6.07) is 0.272. The minimum atomic E-state index is -0.242. The molecule has 1 aromatic rings. The maximum absolute atomic E-state index is 9.55. The predicted octanol–water partition coefficient (Wildman–Crippen LogP) is 2.12. The van der Waals surface area contributed by atoms with Gasteiger partial charge in [-0.15, -0.1) is 0 Å². The molecule has 0 spiro atoms. The second-order valence-electron chi connectivity index (χ2n) is 5.54. The van der Waals surface area contributed by atoms with Gasteiger partial charge in [0.05, 0.1) is 18.3 Å². The summed E-state index contributed by atoms with van der Waals surface area (Å²) in [7, 11) is 0. The monoisotopic (exact) mass is 253 g/mol. The number of rotatable bonds is 6. The van der Waals surface area contributed by atoms with Crippen LogP contribution >= 0.6 is 0 Å². The molecule has 1 heterocycles. The number of aliphatic hydroxyl groups excluding tert-OH is 1. The highest BCUT2D eigenvalue weighted by Gasteiger charge is 2.26. The van der Waals surface area contributed by atoms with Gasteiger partial charge >= 0.3 is 0 Å². The van der Waals surface area contributed by atoms with Crippen molar-refractivity contribution in [3.05, 3.63) is 17.0 Å². The van der Waals surface area contributed by atoms with Gasteiger partial charge in [0.2, 0.25) is 0 Å². The molecule has 0 saturated heterocycles. The van der Waals surface area contributed by atoms with Crippen LogP contribution in [0.4, 0.5) is 0 Å². The maximum atomic E-state index is 9.55. The van der Waals surface area contributed by atoms with E-state index in [1.807, 2.05) is 6.92 Å². The number of nitrogens with zero attached hydrogens (tertiary/aromatic N) is 2. The molecule has 2 unspecified atom stereocenters. The van der Waals surface area contributed by atoms with Crippen molar-refractivity contribution in [1.29, 1.82) is 0 Å². The molecule has 0 aromatic carbocycles. The third-order valence-corrected chi connectivity index (χ3v) is 3.80. The molecule has 18 heavy (non-hydrogen) atoms. The Balaban J connectivity index is 2.87. The first-order chi connectivity index (χ1) is 8.34. The zero-order valence-corrected chi connectivity index (χ0v) is 12.5. The first kappa shape index (κ1) is 15.2. The molecule has 0 bridgehead atoms. The minimum absolute atomic E-state index is 0.142. The van der Waals surface area contributed by atoms with Crippen molar-refractivity contribution in [2.45, 2.75) is 59.5 Å². The Hall–Kier alpha value is -0.870. The van der Waals surface area contributed by atoms with Gasteiger partial charge in [-0.1, -0.05) is 6.92 Å². The molecule has 0 aliphatic rings. The summed E-state index contributed by atoms with van der Waals surface area (Å²) in [6.07, 6.45) is 0.860. The second kappa shape index (κ2) is 5.85. The van der Waals surface area contributed by atoms with Crippen molar-refractivity contribution in [2.24, 2.45) is 0 Å². The number of likely N-dealkylation sites (N-methyl/N-ethyl adjacent to an activating group) is 1. The zero-order chi connectivity index (χ0) is 13.9. The Labute approximate surface area is 110 Å². The number of hydrogen-bond acceptors (Lipinski definition) is 3. The quantitative estimate of drug-likeness (QED) is 0.816. The summed E-state index contributed by atoms with van der Waals surface area (Å²) in [6.45, 7) is 13.5. The molecule has 1 rings (SSSR count). The summed E-state index contributed by atoms with van der Waals surface area (Å²) in [5, 5.41) is 17.5. The SMILES string of the molecule is CCNC(C)(CO)CC(C)n1nc(C)c(C)c1C. The number of aliphatic hydroxyl groups is 1. The Bertz CT molecular complexity index is 400. The molecular formula is C14H27N3O. The highest BCUT2D eigenvalue weighted by molar-refractivity contribution is 5.22. The number of aryl methyl sites for hydroxylation is 1. The molecule has 0 fully saturated rings. The first-order valence-electron chi connectivity index (χ1n) is 6.73. The van der Waals surface area contributed by atoms with E-state index in [4.69, 9.17) is 0 Å². The molecule has 104 valence electrons. The molecule has 4 nitrogen and oxygen atoms in total. The molecule has 0 aliphatic carbocycles. The maximum Gasteiger partial charge on any atom is 0.0625 e. The third kappa shape index (κ3) is 3.12. The van der Waals surface area contributed by atoms with E-state index in [2.05, 4.69) is 49.7 Å². The van der Waals surface area contributed by atoms with E-state index >= 15 is 0 Å². The Morgan fingerprint density at radius 2 is 2.00 bits per heavy atom. The normalized spacial score (nSPS) is 16.6. The van der Waals surface area contributed by atoms with Gasteiger partial charge in [-0.25, -0.2) is 0 Å². The van der Waals surface area contributed by atoms with Crippen LogP contribution < -0.4 is 5.32 Å². The van der Waals surface area contributed by atoms with E-state index in [-0.39, 0.29) is 18.2 Å². The fourth-order valence-electron chi connectivity index (χ4n) is 2.53. The summed E-state index contributed by atoms with van der Waals surface area (Å²) < 4.78 is 2.08. The third-order valence-electron chi connectivity index (χ3n) is 3.80. The van der Waals surface area contributed by atoms with E-state index in [1.54, 1.807) is 0 Å². The lowest BCUT2D eigenvalue weighted by Gasteiger charge is -2.31. The largest absolute Gasteiger partial charge is 0.394 e. The summed E-state index contributed by atoms with van der Waals surface area (Å²) >= 11 is 0. The van der Waals surface area contributed by atoms with E-state index in [0.29, 0.717) is 0 Å². The topological polar surface area (TPSA) is 50.1 Å². The van der Waals surface area contributed by atoms with Crippen molar-refractivity contribution >= 4 is 0 Å². The molecule has 0 radical (unpaired) electrons.